The van der Waals surface area contributed by atoms with Gasteiger partial charge in [0.25, 0.3) is 0 Å². The summed E-state index contributed by atoms with van der Waals surface area (Å²) in [5.41, 5.74) is 1.88. The first kappa shape index (κ1) is 14.1. The van der Waals surface area contributed by atoms with E-state index in [-0.39, 0.29) is 12.6 Å². The highest BCUT2D eigenvalue weighted by atomic mass is 35.5. The van der Waals surface area contributed by atoms with E-state index >= 15 is 0 Å². The Morgan fingerprint density at radius 2 is 1.86 bits per heavy atom. The molecule has 1 heterocycles. The van der Waals surface area contributed by atoms with Crippen LogP contribution in [-0.4, -0.2) is 27.5 Å². The molecule has 0 spiro atoms. The summed E-state index contributed by atoms with van der Waals surface area (Å²) in [4.78, 5) is 0. The molecule has 2 aromatic carbocycles. The lowest BCUT2D eigenvalue weighted by molar-refractivity contribution is 0.0654. The molecule has 0 unspecified atom stereocenters. The summed E-state index contributed by atoms with van der Waals surface area (Å²) in [5, 5.41) is 21.4. The average Bonchev–Trinajstić information content (AvgIpc) is 2.91. The summed E-state index contributed by atoms with van der Waals surface area (Å²) in [7, 11) is 0. The molecule has 1 aromatic heterocycles. The van der Waals surface area contributed by atoms with E-state index in [1.165, 1.54) is 0 Å². The molecule has 0 bridgehead atoms. The number of hydrogen-bond donors (Lipinski definition) is 2. The van der Waals surface area contributed by atoms with Gasteiger partial charge < -0.3 is 14.8 Å². The maximum atomic E-state index is 10.3. The van der Waals surface area contributed by atoms with Crippen molar-refractivity contribution in [2.45, 2.75) is 12.1 Å². The van der Waals surface area contributed by atoms with Gasteiger partial charge in [-0.3, -0.25) is 0 Å². The van der Waals surface area contributed by atoms with E-state index < -0.39 is 6.10 Å². The molecule has 0 radical (unpaired) electrons. The van der Waals surface area contributed by atoms with E-state index in [0.29, 0.717) is 5.02 Å². The summed E-state index contributed by atoms with van der Waals surface area (Å²) in [6.45, 7) is -0.316. The van der Waals surface area contributed by atoms with Crippen molar-refractivity contribution >= 4 is 22.5 Å². The quantitative estimate of drug-likeness (QED) is 0.777. The average molecular weight is 302 g/mol. The Kier molecular flexibility index (Phi) is 3.97. The second-order valence-electron chi connectivity index (χ2n) is 5.03. The fourth-order valence-corrected chi connectivity index (χ4v) is 2.90. The van der Waals surface area contributed by atoms with Gasteiger partial charge in [-0.15, -0.1) is 0 Å². The zero-order chi connectivity index (χ0) is 14.8. The second-order valence-corrected chi connectivity index (χ2v) is 5.47. The number of aliphatic hydroxyl groups excluding tert-OH is 2. The van der Waals surface area contributed by atoms with Crippen molar-refractivity contribution in [1.82, 2.24) is 4.57 Å². The molecule has 0 aliphatic heterocycles. The molecular formula is C17H16ClNO2. The Morgan fingerprint density at radius 1 is 1.05 bits per heavy atom. The topological polar surface area (TPSA) is 45.4 Å². The third-order valence-corrected chi connectivity index (χ3v) is 3.91. The number of benzene rings is 2. The lowest BCUT2D eigenvalue weighted by atomic mass is 10.0. The van der Waals surface area contributed by atoms with Crippen LogP contribution in [0, 0.1) is 0 Å². The third-order valence-electron chi connectivity index (χ3n) is 3.67. The van der Waals surface area contributed by atoms with Gasteiger partial charge in [0.15, 0.2) is 0 Å². The molecule has 21 heavy (non-hydrogen) atoms. The predicted molar refractivity (Wildman–Crippen MR) is 84.6 cm³/mol. The molecular weight excluding hydrogens is 286 g/mol. The Hall–Kier alpha value is -1.81. The molecule has 4 heteroatoms. The van der Waals surface area contributed by atoms with Crippen LogP contribution in [0.25, 0.3) is 10.9 Å². The van der Waals surface area contributed by atoms with Gasteiger partial charge in [0.05, 0.1) is 12.6 Å². The van der Waals surface area contributed by atoms with Gasteiger partial charge >= 0.3 is 0 Å². The summed E-state index contributed by atoms with van der Waals surface area (Å²) >= 11 is 6.06. The van der Waals surface area contributed by atoms with Crippen molar-refractivity contribution in [3.05, 3.63) is 71.4 Å². The normalized spacial score (nSPS) is 14.2. The van der Waals surface area contributed by atoms with Crippen molar-refractivity contribution in [2.24, 2.45) is 0 Å². The van der Waals surface area contributed by atoms with Crippen molar-refractivity contribution in [3.8, 4) is 0 Å². The summed E-state index contributed by atoms with van der Waals surface area (Å²) < 4.78 is 1.97. The van der Waals surface area contributed by atoms with Crippen LogP contribution in [-0.2, 0) is 0 Å². The smallest absolute Gasteiger partial charge is 0.102 e. The van der Waals surface area contributed by atoms with Gasteiger partial charge in [-0.05, 0) is 35.2 Å². The van der Waals surface area contributed by atoms with E-state index in [1.807, 2.05) is 59.3 Å². The molecule has 2 atom stereocenters. The Labute approximate surface area is 128 Å². The molecule has 0 amide bonds. The first-order chi connectivity index (χ1) is 10.2. The zero-order valence-electron chi connectivity index (χ0n) is 11.4. The van der Waals surface area contributed by atoms with Crippen LogP contribution in [0.2, 0.25) is 5.02 Å². The molecule has 0 saturated heterocycles. The third kappa shape index (κ3) is 2.68. The minimum atomic E-state index is -0.903. The van der Waals surface area contributed by atoms with Crippen LogP contribution in [0.15, 0.2) is 60.8 Å². The molecule has 3 rings (SSSR count). The van der Waals surface area contributed by atoms with Gasteiger partial charge in [-0.25, -0.2) is 0 Å². The molecule has 0 fully saturated rings. The minimum absolute atomic E-state index is 0.316. The van der Waals surface area contributed by atoms with Gasteiger partial charge in [-0.1, -0.05) is 41.9 Å². The van der Waals surface area contributed by atoms with Crippen molar-refractivity contribution in [1.29, 1.82) is 0 Å². The number of halogens is 1. The second kappa shape index (κ2) is 5.90. The minimum Gasteiger partial charge on any atom is -0.394 e. The van der Waals surface area contributed by atoms with Crippen LogP contribution >= 0.6 is 11.6 Å². The van der Waals surface area contributed by atoms with Crippen LogP contribution in [0.4, 0.5) is 0 Å². The number of para-hydroxylation sites is 1. The fourth-order valence-electron chi connectivity index (χ4n) is 2.71. The number of hydrogen-bond acceptors (Lipinski definition) is 2. The standard InChI is InChI=1S/C17H16ClNO2/c18-14-6-3-5-13(10-14)17(16(21)11-20)19-9-8-12-4-1-2-7-15(12)19/h1-10,16-17,20-21H,11H2/t16-,17+/m1/s1. The lowest BCUT2D eigenvalue weighted by Crippen LogP contribution is -2.28. The summed E-state index contributed by atoms with van der Waals surface area (Å²) in [5.74, 6) is 0. The summed E-state index contributed by atoms with van der Waals surface area (Å²) in [6.07, 6.45) is 1.02. The van der Waals surface area contributed by atoms with Crippen molar-refractivity contribution in [3.63, 3.8) is 0 Å². The molecule has 2 N–H and O–H groups in total. The van der Waals surface area contributed by atoms with E-state index in [2.05, 4.69) is 0 Å². The van der Waals surface area contributed by atoms with Crippen LogP contribution < -0.4 is 0 Å². The number of rotatable bonds is 4. The molecule has 108 valence electrons. The highest BCUT2D eigenvalue weighted by Crippen LogP contribution is 2.29. The fraction of sp³-hybridized carbons (Fsp3) is 0.176. The number of nitrogens with zero attached hydrogens (tertiary/aromatic N) is 1. The maximum Gasteiger partial charge on any atom is 0.102 e. The first-order valence-corrected chi connectivity index (χ1v) is 7.18. The lowest BCUT2D eigenvalue weighted by Gasteiger charge is -2.25. The zero-order valence-corrected chi connectivity index (χ0v) is 12.1. The van der Waals surface area contributed by atoms with Crippen LogP contribution in [0.1, 0.15) is 11.6 Å². The van der Waals surface area contributed by atoms with Crippen LogP contribution in [0.5, 0.6) is 0 Å². The Morgan fingerprint density at radius 3 is 2.62 bits per heavy atom. The SMILES string of the molecule is OC[C@@H](O)[C@H](c1cccc(Cl)c1)n1ccc2ccccc21. The largest absolute Gasteiger partial charge is 0.394 e. The van der Waals surface area contributed by atoms with Gasteiger partial charge in [0.1, 0.15) is 6.10 Å². The van der Waals surface area contributed by atoms with Crippen molar-refractivity contribution in [2.75, 3.05) is 6.61 Å². The molecule has 0 aliphatic rings. The first-order valence-electron chi connectivity index (χ1n) is 6.80. The van der Waals surface area contributed by atoms with Crippen molar-refractivity contribution < 1.29 is 10.2 Å². The van der Waals surface area contributed by atoms with E-state index in [9.17, 15) is 10.2 Å². The monoisotopic (exact) mass is 301 g/mol. The van der Waals surface area contributed by atoms with E-state index in [0.717, 1.165) is 16.5 Å². The Balaban J connectivity index is 2.16. The predicted octanol–water partition coefficient (Wildman–Crippen LogP) is 3.24. The van der Waals surface area contributed by atoms with Crippen LogP contribution in [0.3, 0.4) is 0 Å². The maximum absolute atomic E-state index is 10.3. The highest BCUT2D eigenvalue weighted by Gasteiger charge is 2.23. The van der Waals surface area contributed by atoms with Gasteiger partial charge in [-0.2, -0.15) is 0 Å². The van der Waals surface area contributed by atoms with Gasteiger partial charge in [0, 0.05) is 16.7 Å². The van der Waals surface area contributed by atoms with E-state index in [1.54, 1.807) is 6.07 Å². The molecule has 0 aliphatic carbocycles. The van der Waals surface area contributed by atoms with E-state index in [4.69, 9.17) is 11.6 Å². The van der Waals surface area contributed by atoms with Gasteiger partial charge in [0.2, 0.25) is 0 Å². The number of aliphatic hydroxyl groups is 2. The number of aromatic nitrogens is 1. The molecule has 3 aromatic rings. The summed E-state index contributed by atoms with van der Waals surface area (Å²) in [6, 6.07) is 16.9. The Bertz CT molecular complexity index is 753. The molecule has 3 nitrogen and oxygen atoms in total. The highest BCUT2D eigenvalue weighted by molar-refractivity contribution is 6.30. The number of fused-ring (bicyclic) bond motifs is 1. The molecule has 0 saturated carbocycles.